The molecule has 0 fully saturated rings. The highest BCUT2D eigenvalue weighted by atomic mass is 19.4. The van der Waals surface area contributed by atoms with Gasteiger partial charge in [-0.25, -0.2) is 9.59 Å². The Hall–Kier alpha value is -3.29. The van der Waals surface area contributed by atoms with Crippen LogP contribution in [-0.4, -0.2) is 31.3 Å². The number of esters is 2. The van der Waals surface area contributed by atoms with Crippen molar-refractivity contribution < 1.29 is 37.0 Å². The van der Waals surface area contributed by atoms with Crippen molar-refractivity contribution in [2.24, 2.45) is 0 Å². The Bertz CT molecular complexity index is 982. The van der Waals surface area contributed by atoms with Crippen LogP contribution in [0.4, 0.5) is 13.2 Å². The van der Waals surface area contributed by atoms with Crippen LogP contribution in [0.3, 0.4) is 0 Å². The normalized spacial score (nSPS) is 11.5. The molecule has 8 heteroatoms. The summed E-state index contributed by atoms with van der Waals surface area (Å²) in [7, 11) is 0. The second-order valence-electron chi connectivity index (χ2n) is 9.03. The number of halogens is 3. The van der Waals surface area contributed by atoms with E-state index < -0.39 is 31.1 Å². The maximum absolute atomic E-state index is 12.3. The van der Waals surface area contributed by atoms with E-state index in [0.29, 0.717) is 12.4 Å². The lowest BCUT2D eigenvalue weighted by Gasteiger charge is -2.09. The van der Waals surface area contributed by atoms with E-state index in [9.17, 15) is 22.8 Å². The Labute approximate surface area is 223 Å². The molecule has 2 aromatic carbocycles. The summed E-state index contributed by atoms with van der Waals surface area (Å²) < 4.78 is 52.2. The van der Waals surface area contributed by atoms with Crippen molar-refractivity contribution in [2.45, 2.75) is 77.3 Å². The molecule has 5 nitrogen and oxygen atoms in total. The van der Waals surface area contributed by atoms with E-state index in [0.717, 1.165) is 18.4 Å². The fourth-order valence-corrected chi connectivity index (χ4v) is 3.58. The third kappa shape index (κ3) is 13.9. The Balaban J connectivity index is 1.65. The zero-order valence-electron chi connectivity index (χ0n) is 21.9. The number of ether oxygens (including phenoxy) is 3. The fraction of sp³-hybridized carbons (Fsp3) is 0.467. The van der Waals surface area contributed by atoms with Gasteiger partial charge in [0.25, 0.3) is 0 Å². The Morgan fingerprint density at radius 2 is 1.34 bits per heavy atom. The predicted molar refractivity (Wildman–Crippen MR) is 141 cm³/mol. The Kier molecular flexibility index (Phi) is 14.1. The van der Waals surface area contributed by atoms with Crippen molar-refractivity contribution in [3.8, 4) is 11.5 Å². The van der Waals surface area contributed by atoms with Gasteiger partial charge >= 0.3 is 18.1 Å². The van der Waals surface area contributed by atoms with Crippen LogP contribution in [-0.2, 0) is 9.53 Å². The lowest BCUT2D eigenvalue weighted by atomic mass is 10.1. The monoisotopic (exact) mass is 534 g/mol. The summed E-state index contributed by atoms with van der Waals surface area (Å²) in [6.45, 7) is 2.13. The predicted octanol–water partition coefficient (Wildman–Crippen LogP) is 8.32. The average molecular weight is 535 g/mol. The molecule has 2 rings (SSSR count). The second-order valence-corrected chi connectivity index (χ2v) is 9.03. The Morgan fingerprint density at radius 3 is 1.95 bits per heavy atom. The summed E-state index contributed by atoms with van der Waals surface area (Å²) in [6, 6.07) is 12.3. The van der Waals surface area contributed by atoms with Gasteiger partial charge in [-0.15, -0.1) is 0 Å². The van der Waals surface area contributed by atoms with Crippen molar-refractivity contribution in [3.05, 3.63) is 65.7 Å². The summed E-state index contributed by atoms with van der Waals surface area (Å²) in [5.74, 6) is -0.472. The zero-order chi connectivity index (χ0) is 27.6. The minimum absolute atomic E-state index is 0.229. The molecule has 0 atom stereocenters. The molecule has 2 aromatic rings. The highest BCUT2D eigenvalue weighted by Gasteiger charge is 2.26. The van der Waals surface area contributed by atoms with E-state index in [1.54, 1.807) is 30.3 Å². The molecular weight excluding hydrogens is 497 g/mol. The second kappa shape index (κ2) is 17.3. The molecular formula is C30H37F3O5. The lowest BCUT2D eigenvalue weighted by Crippen LogP contribution is -2.13. The molecule has 0 saturated heterocycles. The van der Waals surface area contributed by atoms with Gasteiger partial charge < -0.3 is 14.2 Å². The van der Waals surface area contributed by atoms with Gasteiger partial charge in [0.05, 0.1) is 25.2 Å². The average Bonchev–Trinajstić information content (AvgIpc) is 2.89. The zero-order valence-corrected chi connectivity index (χ0v) is 21.9. The van der Waals surface area contributed by atoms with Crippen molar-refractivity contribution in [1.29, 1.82) is 0 Å². The minimum Gasteiger partial charge on any atom is -0.493 e. The van der Waals surface area contributed by atoms with Crippen LogP contribution in [0.15, 0.2) is 54.6 Å². The van der Waals surface area contributed by atoms with Crippen LogP contribution in [0, 0.1) is 0 Å². The minimum atomic E-state index is -4.29. The van der Waals surface area contributed by atoms with Crippen molar-refractivity contribution in [3.63, 3.8) is 0 Å². The molecule has 0 aromatic heterocycles. The third-order valence-corrected chi connectivity index (χ3v) is 5.74. The number of benzene rings is 2. The van der Waals surface area contributed by atoms with Gasteiger partial charge in [-0.1, -0.05) is 70.4 Å². The smallest absolute Gasteiger partial charge is 0.392 e. The van der Waals surface area contributed by atoms with Gasteiger partial charge in [0, 0.05) is 6.08 Å². The van der Waals surface area contributed by atoms with Crippen molar-refractivity contribution in [1.82, 2.24) is 0 Å². The highest BCUT2D eigenvalue weighted by Crippen LogP contribution is 2.21. The molecule has 0 spiro atoms. The van der Waals surface area contributed by atoms with Gasteiger partial charge in [-0.05, 0) is 54.5 Å². The van der Waals surface area contributed by atoms with Crippen LogP contribution in [0.1, 0.15) is 87.1 Å². The highest BCUT2D eigenvalue weighted by molar-refractivity contribution is 5.91. The van der Waals surface area contributed by atoms with E-state index in [2.05, 4.69) is 6.92 Å². The number of alkyl halides is 3. The molecule has 0 unspecified atom stereocenters. The summed E-state index contributed by atoms with van der Waals surface area (Å²) in [5.41, 5.74) is 0.969. The van der Waals surface area contributed by atoms with Gasteiger partial charge in [-0.2, -0.15) is 13.2 Å². The van der Waals surface area contributed by atoms with E-state index in [1.165, 1.54) is 75.3 Å². The van der Waals surface area contributed by atoms with Crippen LogP contribution >= 0.6 is 0 Å². The lowest BCUT2D eigenvalue weighted by molar-refractivity contribution is -0.140. The molecule has 0 amide bonds. The van der Waals surface area contributed by atoms with E-state index in [4.69, 9.17) is 14.2 Å². The molecule has 0 aliphatic carbocycles. The number of unbranched alkanes of at least 4 members (excludes halogenated alkanes) is 8. The SMILES string of the molecule is CCCCCCCCCCCOC(=O)C=Cc1ccc(OC(=O)c2ccc(OCCC(F)(F)F)cc2)cc1. The largest absolute Gasteiger partial charge is 0.493 e. The quantitative estimate of drug-likeness (QED) is 0.0884. The fourth-order valence-electron chi connectivity index (χ4n) is 3.58. The molecule has 208 valence electrons. The first kappa shape index (κ1) is 30.9. The van der Waals surface area contributed by atoms with Gasteiger partial charge in [0.2, 0.25) is 0 Å². The first-order valence-electron chi connectivity index (χ1n) is 13.2. The number of hydrogen-bond acceptors (Lipinski definition) is 5. The summed E-state index contributed by atoms with van der Waals surface area (Å²) >= 11 is 0. The summed E-state index contributed by atoms with van der Waals surface area (Å²) in [5, 5.41) is 0. The van der Waals surface area contributed by atoms with Crippen LogP contribution in [0.25, 0.3) is 6.08 Å². The maximum Gasteiger partial charge on any atom is 0.392 e. The molecule has 0 bridgehead atoms. The van der Waals surface area contributed by atoms with E-state index in [-0.39, 0.29) is 11.3 Å². The molecule has 0 aliphatic rings. The van der Waals surface area contributed by atoms with E-state index >= 15 is 0 Å². The van der Waals surface area contributed by atoms with Crippen LogP contribution in [0.5, 0.6) is 11.5 Å². The van der Waals surface area contributed by atoms with Crippen LogP contribution in [0.2, 0.25) is 0 Å². The van der Waals surface area contributed by atoms with Crippen molar-refractivity contribution in [2.75, 3.05) is 13.2 Å². The maximum atomic E-state index is 12.3. The molecule has 0 N–H and O–H groups in total. The van der Waals surface area contributed by atoms with Gasteiger partial charge in [0.1, 0.15) is 11.5 Å². The Morgan fingerprint density at radius 1 is 0.763 bits per heavy atom. The standard InChI is InChI=1S/C30H37F3O5/c1-2-3-4-5-6-7-8-9-10-22-37-28(34)20-13-24-11-16-27(17-12-24)38-29(35)25-14-18-26(19-15-25)36-23-21-30(31,32)33/h11-20H,2-10,21-23H2,1H3. The first-order chi connectivity index (χ1) is 18.3. The number of carbonyl (C=O) groups excluding carboxylic acids is 2. The first-order valence-corrected chi connectivity index (χ1v) is 13.2. The summed E-state index contributed by atoms with van der Waals surface area (Å²) in [4.78, 5) is 24.2. The molecule has 0 saturated carbocycles. The molecule has 0 aliphatic heterocycles. The number of carbonyl (C=O) groups is 2. The van der Waals surface area contributed by atoms with Gasteiger partial charge in [0.15, 0.2) is 0 Å². The number of hydrogen-bond donors (Lipinski definition) is 0. The van der Waals surface area contributed by atoms with Crippen LogP contribution < -0.4 is 9.47 Å². The molecule has 0 heterocycles. The number of rotatable bonds is 17. The molecule has 38 heavy (non-hydrogen) atoms. The van der Waals surface area contributed by atoms with Gasteiger partial charge in [-0.3, -0.25) is 0 Å². The molecule has 0 radical (unpaired) electrons. The topological polar surface area (TPSA) is 61.8 Å². The van der Waals surface area contributed by atoms with E-state index in [1.807, 2.05) is 0 Å². The summed E-state index contributed by atoms with van der Waals surface area (Å²) in [6.07, 6.45) is 8.46. The third-order valence-electron chi connectivity index (χ3n) is 5.74. The van der Waals surface area contributed by atoms with Crippen molar-refractivity contribution >= 4 is 18.0 Å².